The number of fused-ring (bicyclic) bond motifs is 4. The van der Waals surface area contributed by atoms with Gasteiger partial charge < -0.3 is 0 Å². The van der Waals surface area contributed by atoms with E-state index >= 15 is 4.39 Å². The summed E-state index contributed by atoms with van der Waals surface area (Å²) in [4.78, 5) is 0. The fraction of sp³-hybridized carbons (Fsp3) is 0.188. The Labute approximate surface area is 208 Å². The first-order chi connectivity index (χ1) is 17.4. The highest BCUT2D eigenvalue weighted by atomic mass is 19.2. The number of benzene rings is 4. The fourth-order valence-electron chi connectivity index (χ4n) is 4.68. The molecule has 0 aromatic heterocycles. The zero-order valence-electron chi connectivity index (χ0n) is 20.1. The summed E-state index contributed by atoms with van der Waals surface area (Å²) in [7, 11) is 0. The van der Waals surface area contributed by atoms with Crippen LogP contribution in [-0.2, 0) is 6.42 Å². The smallest absolute Gasteiger partial charge is 0.167 e. The number of hydrogen-bond donors (Lipinski definition) is 0. The SMILES string of the molecule is CCCCCc1ccc(C#Cc2ccc(-c3ccc4c(c3F)-c3c-4cc(C)c(F)c3F)cc2)c(F)c1. The topological polar surface area (TPSA) is 0 Å². The average Bonchev–Trinajstić information content (AvgIpc) is 2.86. The van der Waals surface area contributed by atoms with Crippen molar-refractivity contribution in [2.45, 2.75) is 39.5 Å². The molecule has 0 radical (unpaired) electrons. The van der Waals surface area contributed by atoms with Crippen LogP contribution < -0.4 is 0 Å². The summed E-state index contributed by atoms with van der Waals surface area (Å²) in [5.41, 5.74) is 4.24. The van der Waals surface area contributed by atoms with Gasteiger partial charge in [-0.25, -0.2) is 17.6 Å². The maximum Gasteiger partial charge on any atom is 0.167 e. The minimum atomic E-state index is -1.01. The second-order valence-electron chi connectivity index (χ2n) is 9.19. The summed E-state index contributed by atoms with van der Waals surface area (Å²) in [6, 6.07) is 17.0. The molecule has 4 aromatic rings. The highest BCUT2D eigenvalue weighted by Gasteiger charge is 2.33. The highest BCUT2D eigenvalue weighted by molar-refractivity contribution is 6.04. The van der Waals surface area contributed by atoms with Gasteiger partial charge in [-0.3, -0.25) is 0 Å². The molecule has 1 aliphatic rings. The first-order valence-corrected chi connectivity index (χ1v) is 12.1. The molecule has 0 unspecified atom stereocenters. The Bertz CT molecular complexity index is 1540. The number of hydrogen-bond acceptors (Lipinski definition) is 0. The lowest BCUT2D eigenvalue weighted by atomic mass is 9.77. The predicted octanol–water partition coefficient (Wildman–Crippen LogP) is 9.00. The molecular formula is C32H24F4. The lowest BCUT2D eigenvalue weighted by molar-refractivity contribution is 0.504. The standard InChI is InChI=1S/C32H24F4/c1-3-4-5-6-21-10-14-23(27(33)18-21)13-9-20-7-11-22(12-8-20)24-15-16-25-26-17-19(2)30(34)32(36)29(26)28(25)31(24)35/h7-8,10-12,14-18H,3-6H2,1-2H3. The summed E-state index contributed by atoms with van der Waals surface area (Å²) < 4.78 is 58.4. The quantitative estimate of drug-likeness (QED) is 0.133. The van der Waals surface area contributed by atoms with Crippen molar-refractivity contribution in [2.24, 2.45) is 0 Å². The van der Waals surface area contributed by atoms with Gasteiger partial charge in [0.15, 0.2) is 11.6 Å². The molecule has 36 heavy (non-hydrogen) atoms. The summed E-state index contributed by atoms with van der Waals surface area (Å²) in [6.45, 7) is 3.62. The summed E-state index contributed by atoms with van der Waals surface area (Å²) in [5.74, 6) is 2.95. The molecule has 0 spiro atoms. The normalized spacial score (nSPS) is 11.3. The molecule has 0 saturated carbocycles. The van der Waals surface area contributed by atoms with Gasteiger partial charge >= 0.3 is 0 Å². The van der Waals surface area contributed by atoms with E-state index in [0.717, 1.165) is 31.2 Å². The Hall–Kier alpha value is -3.84. The number of rotatable bonds is 5. The Balaban J connectivity index is 1.37. The van der Waals surface area contributed by atoms with Gasteiger partial charge in [-0.2, -0.15) is 0 Å². The molecular weight excluding hydrogens is 460 g/mol. The number of unbranched alkanes of at least 4 members (excludes halogenated alkanes) is 2. The highest BCUT2D eigenvalue weighted by Crippen LogP contribution is 2.52. The predicted molar refractivity (Wildman–Crippen MR) is 137 cm³/mol. The van der Waals surface area contributed by atoms with Crippen molar-refractivity contribution in [3.8, 4) is 45.2 Å². The van der Waals surface area contributed by atoms with Crippen LogP contribution in [0.5, 0.6) is 0 Å². The van der Waals surface area contributed by atoms with E-state index in [0.29, 0.717) is 33.4 Å². The molecule has 0 fully saturated rings. The molecule has 0 N–H and O–H groups in total. The lowest BCUT2D eigenvalue weighted by Gasteiger charge is -2.27. The third-order valence-corrected chi connectivity index (χ3v) is 6.71. The third kappa shape index (κ3) is 4.20. The average molecular weight is 485 g/mol. The number of aryl methyl sites for hydroxylation is 2. The molecule has 1 aliphatic carbocycles. The van der Waals surface area contributed by atoms with Crippen molar-refractivity contribution < 1.29 is 17.6 Å². The van der Waals surface area contributed by atoms with E-state index in [1.807, 2.05) is 6.07 Å². The third-order valence-electron chi connectivity index (χ3n) is 6.71. The number of halogens is 4. The molecule has 0 bridgehead atoms. The molecule has 0 amide bonds. The van der Waals surface area contributed by atoms with Gasteiger partial charge in [0.2, 0.25) is 0 Å². The van der Waals surface area contributed by atoms with Crippen LogP contribution >= 0.6 is 0 Å². The van der Waals surface area contributed by atoms with Crippen LogP contribution in [0.3, 0.4) is 0 Å². The summed E-state index contributed by atoms with van der Waals surface area (Å²) in [5, 5.41) is 0. The first-order valence-electron chi connectivity index (χ1n) is 12.1. The van der Waals surface area contributed by atoms with Gasteiger partial charge in [0.05, 0.1) is 5.56 Å². The van der Waals surface area contributed by atoms with Gasteiger partial charge in [0.1, 0.15) is 11.6 Å². The van der Waals surface area contributed by atoms with Gasteiger partial charge in [-0.15, -0.1) is 0 Å². The van der Waals surface area contributed by atoms with Crippen LogP contribution in [-0.4, -0.2) is 0 Å². The Kier molecular flexibility index (Phi) is 6.41. The van der Waals surface area contributed by atoms with Crippen molar-refractivity contribution in [1.82, 2.24) is 0 Å². The zero-order chi connectivity index (χ0) is 25.4. The molecule has 0 nitrogen and oxygen atoms in total. The monoisotopic (exact) mass is 484 g/mol. The van der Waals surface area contributed by atoms with E-state index in [1.165, 1.54) is 6.92 Å². The van der Waals surface area contributed by atoms with E-state index in [1.54, 1.807) is 54.6 Å². The van der Waals surface area contributed by atoms with E-state index < -0.39 is 17.5 Å². The minimum absolute atomic E-state index is 0.00616. The maximum absolute atomic E-state index is 15.4. The lowest BCUT2D eigenvalue weighted by Crippen LogP contribution is -2.08. The van der Waals surface area contributed by atoms with Crippen molar-refractivity contribution >= 4 is 0 Å². The van der Waals surface area contributed by atoms with Crippen molar-refractivity contribution in [3.05, 3.63) is 106 Å². The molecule has 4 heteroatoms. The fourth-order valence-corrected chi connectivity index (χ4v) is 4.68. The Morgan fingerprint density at radius 2 is 1.39 bits per heavy atom. The first kappa shape index (κ1) is 23.9. The van der Waals surface area contributed by atoms with E-state index in [4.69, 9.17) is 0 Å². The molecule has 0 aliphatic heterocycles. The second-order valence-corrected chi connectivity index (χ2v) is 9.19. The molecule has 0 saturated heterocycles. The minimum Gasteiger partial charge on any atom is -0.206 e. The van der Waals surface area contributed by atoms with Crippen LogP contribution in [0.25, 0.3) is 33.4 Å². The van der Waals surface area contributed by atoms with Gasteiger partial charge in [0, 0.05) is 22.3 Å². The maximum atomic E-state index is 15.4. The largest absolute Gasteiger partial charge is 0.206 e. The second kappa shape index (κ2) is 9.66. The van der Waals surface area contributed by atoms with Crippen molar-refractivity contribution in [3.63, 3.8) is 0 Å². The van der Waals surface area contributed by atoms with Gasteiger partial charge in [-0.05, 0) is 77.9 Å². The van der Waals surface area contributed by atoms with Crippen LogP contribution in [0.15, 0.2) is 60.7 Å². The summed E-state index contributed by atoms with van der Waals surface area (Å²) in [6.07, 6.45) is 4.13. The van der Waals surface area contributed by atoms with E-state index in [2.05, 4.69) is 18.8 Å². The van der Waals surface area contributed by atoms with Crippen molar-refractivity contribution in [1.29, 1.82) is 0 Å². The van der Waals surface area contributed by atoms with Crippen LogP contribution in [0.1, 0.15) is 48.4 Å². The van der Waals surface area contributed by atoms with E-state index in [-0.39, 0.29) is 22.5 Å². The van der Waals surface area contributed by atoms with Crippen molar-refractivity contribution in [2.75, 3.05) is 0 Å². The molecule has 4 aromatic carbocycles. The van der Waals surface area contributed by atoms with Crippen LogP contribution in [0.4, 0.5) is 17.6 Å². The van der Waals surface area contributed by atoms with Crippen LogP contribution in [0, 0.1) is 42.0 Å². The molecule has 180 valence electrons. The molecule has 5 rings (SSSR count). The van der Waals surface area contributed by atoms with Gasteiger partial charge in [0.25, 0.3) is 0 Å². The molecule has 0 heterocycles. The Morgan fingerprint density at radius 1 is 0.667 bits per heavy atom. The van der Waals surface area contributed by atoms with E-state index in [9.17, 15) is 13.2 Å². The molecule has 0 atom stereocenters. The van der Waals surface area contributed by atoms with Crippen LogP contribution in [0.2, 0.25) is 0 Å². The summed E-state index contributed by atoms with van der Waals surface area (Å²) >= 11 is 0. The Morgan fingerprint density at radius 3 is 2.11 bits per heavy atom. The van der Waals surface area contributed by atoms with Gasteiger partial charge in [-0.1, -0.05) is 61.9 Å². The zero-order valence-corrected chi connectivity index (χ0v) is 20.1.